The van der Waals surface area contributed by atoms with Crippen molar-refractivity contribution in [2.75, 3.05) is 31.1 Å². The third-order valence-electron chi connectivity index (χ3n) is 4.31. The summed E-state index contributed by atoms with van der Waals surface area (Å²) >= 11 is 0. The van der Waals surface area contributed by atoms with E-state index >= 15 is 0 Å². The van der Waals surface area contributed by atoms with E-state index in [1.807, 2.05) is 4.90 Å². The van der Waals surface area contributed by atoms with Crippen LogP contribution in [-0.4, -0.2) is 56.3 Å². The van der Waals surface area contributed by atoms with Crippen LogP contribution in [0.3, 0.4) is 0 Å². The summed E-state index contributed by atoms with van der Waals surface area (Å²) in [5, 5.41) is 0. The predicted octanol–water partition coefficient (Wildman–Crippen LogP) is 0.801. The average molecular weight is 392 g/mol. The van der Waals surface area contributed by atoms with Crippen molar-refractivity contribution < 1.29 is 21.9 Å². The van der Waals surface area contributed by atoms with E-state index in [1.54, 1.807) is 17.0 Å². The normalized spacial score (nSPS) is 14.9. The molecule has 2 aromatic rings. The summed E-state index contributed by atoms with van der Waals surface area (Å²) < 4.78 is 34.6. The van der Waals surface area contributed by atoms with Gasteiger partial charge in [-0.05, 0) is 36.4 Å². The van der Waals surface area contributed by atoms with Gasteiger partial charge in [0.1, 0.15) is 5.82 Å². The summed E-state index contributed by atoms with van der Waals surface area (Å²) in [6.07, 6.45) is 1.41. The van der Waals surface area contributed by atoms with Gasteiger partial charge in [-0.3, -0.25) is 9.59 Å². The smallest absolute Gasteiger partial charge is 0.332 e. The van der Waals surface area contributed by atoms with Gasteiger partial charge in [-0.2, -0.15) is 8.42 Å². The molecule has 1 saturated heterocycles. The second-order valence-corrected chi connectivity index (χ2v) is 7.36. The Morgan fingerprint density at radius 3 is 2.04 bits per heavy atom. The Kier molecular flexibility index (Phi) is 5.08. The number of primary amides is 1. The molecule has 2 heterocycles. The molecule has 8 nitrogen and oxygen atoms in total. The molecule has 142 valence electrons. The maximum absolute atomic E-state index is 12.9. The Labute approximate surface area is 155 Å². The number of halogens is 1. The van der Waals surface area contributed by atoms with Crippen molar-refractivity contribution in [2.24, 2.45) is 5.73 Å². The molecule has 1 aromatic heterocycles. The van der Waals surface area contributed by atoms with Crippen LogP contribution in [0.25, 0.3) is 0 Å². The zero-order chi connectivity index (χ0) is 19.6. The largest absolute Gasteiger partial charge is 0.366 e. The van der Waals surface area contributed by atoms with Crippen molar-refractivity contribution in [3.05, 3.63) is 53.7 Å². The van der Waals surface area contributed by atoms with Crippen LogP contribution in [0.1, 0.15) is 20.7 Å². The van der Waals surface area contributed by atoms with Crippen molar-refractivity contribution in [3.8, 4) is 0 Å². The van der Waals surface area contributed by atoms with Crippen molar-refractivity contribution in [1.29, 1.82) is 0 Å². The first-order chi connectivity index (χ1) is 12.8. The number of aromatic nitrogens is 1. The average Bonchev–Trinajstić information content (AvgIpc) is 2.67. The third-order valence-corrected chi connectivity index (χ3v) is 5.14. The van der Waals surface area contributed by atoms with Crippen LogP contribution < -0.4 is 10.6 Å². The molecule has 0 radical (unpaired) electrons. The van der Waals surface area contributed by atoms with Gasteiger partial charge >= 0.3 is 10.2 Å². The van der Waals surface area contributed by atoms with Crippen molar-refractivity contribution in [1.82, 2.24) is 9.88 Å². The summed E-state index contributed by atoms with van der Waals surface area (Å²) in [4.78, 5) is 31.0. The van der Waals surface area contributed by atoms with Crippen molar-refractivity contribution >= 4 is 27.9 Å². The van der Waals surface area contributed by atoms with Gasteiger partial charge in [0.25, 0.3) is 5.91 Å². The molecule has 1 fully saturated rings. The van der Waals surface area contributed by atoms with Gasteiger partial charge < -0.3 is 15.5 Å². The van der Waals surface area contributed by atoms with Crippen molar-refractivity contribution in [2.45, 2.75) is 4.90 Å². The van der Waals surface area contributed by atoms with Gasteiger partial charge in [0.05, 0.1) is 10.5 Å². The van der Waals surface area contributed by atoms with Gasteiger partial charge in [-0.15, -0.1) is 3.89 Å². The Morgan fingerprint density at radius 2 is 1.56 bits per heavy atom. The van der Waals surface area contributed by atoms with Gasteiger partial charge in [-0.25, -0.2) is 4.98 Å². The Bertz CT molecular complexity index is 953. The first-order valence-corrected chi connectivity index (χ1v) is 9.49. The molecule has 0 unspecified atom stereocenters. The number of piperazine rings is 1. The van der Waals surface area contributed by atoms with E-state index in [-0.39, 0.29) is 5.91 Å². The minimum atomic E-state index is -4.78. The molecule has 1 aromatic carbocycles. The number of nitrogens with zero attached hydrogens (tertiary/aromatic N) is 3. The highest BCUT2D eigenvalue weighted by Crippen LogP contribution is 2.17. The van der Waals surface area contributed by atoms with E-state index in [9.17, 15) is 21.9 Å². The Morgan fingerprint density at radius 1 is 0.963 bits per heavy atom. The van der Waals surface area contributed by atoms with Gasteiger partial charge in [0.15, 0.2) is 0 Å². The second kappa shape index (κ2) is 7.31. The number of hydrogen-bond donors (Lipinski definition) is 1. The number of carbonyl (C=O) groups excluding carboxylic acids is 2. The first-order valence-electron chi connectivity index (χ1n) is 8.10. The minimum Gasteiger partial charge on any atom is -0.366 e. The highest BCUT2D eigenvalue weighted by Gasteiger charge is 2.23. The third kappa shape index (κ3) is 4.22. The summed E-state index contributed by atoms with van der Waals surface area (Å²) in [5.74, 6) is -0.116. The van der Waals surface area contributed by atoms with E-state index in [0.29, 0.717) is 43.1 Å². The van der Waals surface area contributed by atoms with E-state index in [4.69, 9.17) is 5.73 Å². The lowest BCUT2D eigenvalue weighted by molar-refractivity contribution is 0.0746. The predicted molar refractivity (Wildman–Crippen MR) is 95.6 cm³/mol. The molecule has 27 heavy (non-hydrogen) atoms. The summed E-state index contributed by atoms with van der Waals surface area (Å²) in [5.41, 5.74) is 5.81. The lowest BCUT2D eigenvalue weighted by Crippen LogP contribution is -2.49. The van der Waals surface area contributed by atoms with Gasteiger partial charge in [-0.1, -0.05) is 0 Å². The topological polar surface area (TPSA) is 114 Å². The minimum absolute atomic E-state index is 0.255. The fourth-order valence-electron chi connectivity index (χ4n) is 2.80. The standard InChI is InChI=1S/C17H17FN4O4S/c18-27(25,26)14-4-1-12(2-5-14)17(24)22-9-7-21(8-10-22)15-6-3-13(11-20-15)16(19)23/h1-6,11H,7-10H2,(H2,19,23). The molecule has 3 rings (SSSR count). The fourth-order valence-corrected chi connectivity index (χ4v) is 3.26. The SMILES string of the molecule is NC(=O)c1ccc(N2CCN(C(=O)c3ccc(S(=O)(=O)F)cc3)CC2)nc1. The number of amides is 2. The summed E-state index contributed by atoms with van der Waals surface area (Å²) in [7, 11) is -4.78. The van der Waals surface area contributed by atoms with Gasteiger partial charge in [0.2, 0.25) is 5.91 Å². The lowest BCUT2D eigenvalue weighted by atomic mass is 10.2. The molecule has 0 bridgehead atoms. The Balaban J connectivity index is 1.63. The van der Waals surface area contributed by atoms with E-state index in [2.05, 4.69) is 4.98 Å². The summed E-state index contributed by atoms with van der Waals surface area (Å²) in [6.45, 7) is 1.99. The zero-order valence-electron chi connectivity index (χ0n) is 14.2. The molecular weight excluding hydrogens is 375 g/mol. The van der Waals surface area contributed by atoms with Crippen molar-refractivity contribution in [3.63, 3.8) is 0 Å². The maximum atomic E-state index is 12.9. The monoisotopic (exact) mass is 392 g/mol. The van der Waals surface area contributed by atoms with Gasteiger partial charge in [0, 0.05) is 37.9 Å². The van der Waals surface area contributed by atoms with Crippen LogP contribution in [-0.2, 0) is 10.2 Å². The van der Waals surface area contributed by atoms with Crippen LogP contribution in [0, 0.1) is 0 Å². The quantitative estimate of drug-likeness (QED) is 0.770. The highest BCUT2D eigenvalue weighted by atomic mass is 32.3. The maximum Gasteiger partial charge on any atom is 0.332 e. The molecule has 2 amide bonds. The molecule has 0 aliphatic carbocycles. The number of anilines is 1. The van der Waals surface area contributed by atoms with Crippen LogP contribution in [0.15, 0.2) is 47.5 Å². The number of rotatable bonds is 4. The van der Waals surface area contributed by atoms with Crippen LogP contribution in [0.4, 0.5) is 9.70 Å². The molecule has 1 aliphatic heterocycles. The van der Waals surface area contributed by atoms with E-state index in [1.165, 1.54) is 18.3 Å². The lowest BCUT2D eigenvalue weighted by Gasteiger charge is -2.35. The number of carbonyl (C=O) groups is 2. The second-order valence-electron chi connectivity index (χ2n) is 6.01. The molecule has 2 N–H and O–H groups in total. The molecule has 0 spiro atoms. The number of benzene rings is 1. The van der Waals surface area contributed by atoms with E-state index < -0.39 is 21.0 Å². The molecule has 1 aliphatic rings. The molecule has 0 atom stereocenters. The molecule has 0 saturated carbocycles. The Hall–Kier alpha value is -3.01. The van der Waals surface area contributed by atoms with Crippen LogP contribution >= 0.6 is 0 Å². The highest BCUT2D eigenvalue weighted by molar-refractivity contribution is 7.86. The number of pyridine rings is 1. The first kappa shape index (κ1) is 18.8. The zero-order valence-corrected chi connectivity index (χ0v) is 15.0. The van der Waals surface area contributed by atoms with Crippen LogP contribution in [0.2, 0.25) is 0 Å². The summed E-state index contributed by atoms with van der Waals surface area (Å²) in [6, 6.07) is 8.04. The fraction of sp³-hybridized carbons (Fsp3) is 0.235. The molecule has 10 heteroatoms. The molecular formula is C17H17FN4O4S. The number of hydrogen-bond acceptors (Lipinski definition) is 6. The van der Waals surface area contributed by atoms with Crippen LogP contribution in [0.5, 0.6) is 0 Å². The number of nitrogens with two attached hydrogens (primary N) is 1. The van der Waals surface area contributed by atoms with E-state index in [0.717, 1.165) is 12.1 Å².